The molecule has 0 aromatic carbocycles. The van der Waals surface area contributed by atoms with E-state index < -0.39 is 0 Å². The molecule has 102 valence electrons. The highest BCUT2D eigenvalue weighted by molar-refractivity contribution is 5.86. The van der Waals surface area contributed by atoms with Crippen molar-refractivity contribution in [3.63, 3.8) is 0 Å². The van der Waals surface area contributed by atoms with E-state index in [0.29, 0.717) is 12.6 Å². The zero-order chi connectivity index (χ0) is 13.3. The SMILES string of the molecule is CC1(C(=O)N(Cc2cccnc2)C2CC2)CCCN1. The van der Waals surface area contributed by atoms with Crippen LogP contribution in [0.4, 0.5) is 0 Å². The van der Waals surface area contributed by atoms with Crippen molar-refractivity contribution in [2.45, 2.75) is 50.7 Å². The number of hydrogen-bond donors (Lipinski definition) is 1. The Bertz CT molecular complexity index is 450. The lowest BCUT2D eigenvalue weighted by atomic mass is 9.98. The van der Waals surface area contributed by atoms with Gasteiger partial charge in [0.15, 0.2) is 0 Å². The predicted octanol–water partition coefficient (Wildman–Crippen LogP) is 1.71. The molecule has 2 aliphatic rings. The molecule has 19 heavy (non-hydrogen) atoms. The number of amides is 1. The van der Waals surface area contributed by atoms with Gasteiger partial charge in [-0.25, -0.2) is 0 Å². The summed E-state index contributed by atoms with van der Waals surface area (Å²) >= 11 is 0. The van der Waals surface area contributed by atoms with Gasteiger partial charge in [-0.2, -0.15) is 0 Å². The van der Waals surface area contributed by atoms with E-state index in [4.69, 9.17) is 0 Å². The van der Waals surface area contributed by atoms with Crippen molar-refractivity contribution in [1.82, 2.24) is 15.2 Å². The lowest BCUT2D eigenvalue weighted by Crippen LogP contribution is -2.53. The molecule has 2 heterocycles. The van der Waals surface area contributed by atoms with Crippen molar-refractivity contribution in [1.29, 1.82) is 0 Å². The summed E-state index contributed by atoms with van der Waals surface area (Å²) in [5, 5.41) is 3.37. The minimum absolute atomic E-state index is 0.261. The molecule has 2 fully saturated rings. The quantitative estimate of drug-likeness (QED) is 0.895. The van der Waals surface area contributed by atoms with Gasteiger partial charge in [0.25, 0.3) is 0 Å². The van der Waals surface area contributed by atoms with Crippen molar-refractivity contribution in [2.24, 2.45) is 0 Å². The fraction of sp³-hybridized carbons (Fsp3) is 0.600. The van der Waals surface area contributed by atoms with Crippen LogP contribution in [0.25, 0.3) is 0 Å². The topological polar surface area (TPSA) is 45.2 Å². The largest absolute Gasteiger partial charge is 0.334 e. The Morgan fingerprint density at radius 1 is 1.58 bits per heavy atom. The maximum atomic E-state index is 12.8. The maximum absolute atomic E-state index is 12.8. The van der Waals surface area contributed by atoms with E-state index in [9.17, 15) is 4.79 Å². The van der Waals surface area contributed by atoms with Gasteiger partial charge in [0, 0.05) is 25.0 Å². The number of pyridine rings is 1. The normalized spacial score (nSPS) is 26.4. The van der Waals surface area contributed by atoms with Crippen molar-refractivity contribution in [3.05, 3.63) is 30.1 Å². The highest BCUT2D eigenvalue weighted by Gasteiger charge is 2.43. The monoisotopic (exact) mass is 259 g/mol. The molecule has 0 bridgehead atoms. The van der Waals surface area contributed by atoms with E-state index in [1.54, 1.807) is 6.20 Å². The maximum Gasteiger partial charge on any atom is 0.243 e. The van der Waals surface area contributed by atoms with Gasteiger partial charge >= 0.3 is 0 Å². The molecule has 1 saturated carbocycles. The molecule has 0 radical (unpaired) electrons. The van der Waals surface area contributed by atoms with Crippen molar-refractivity contribution in [3.8, 4) is 0 Å². The summed E-state index contributed by atoms with van der Waals surface area (Å²) in [5.41, 5.74) is 0.759. The second kappa shape index (κ2) is 4.93. The van der Waals surface area contributed by atoms with Crippen LogP contribution in [0.5, 0.6) is 0 Å². The number of aromatic nitrogens is 1. The predicted molar refractivity (Wildman–Crippen MR) is 73.5 cm³/mol. The Labute approximate surface area is 114 Å². The van der Waals surface area contributed by atoms with Gasteiger partial charge < -0.3 is 10.2 Å². The molecular weight excluding hydrogens is 238 g/mol. The van der Waals surface area contributed by atoms with Gasteiger partial charge in [0.1, 0.15) is 0 Å². The van der Waals surface area contributed by atoms with E-state index in [-0.39, 0.29) is 11.4 Å². The van der Waals surface area contributed by atoms with Crippen molar-refractivity contribution < 1.29 is 4.79 Å². The van der Waals surface area contributed by atoms with Gasteiger partial charge in [-0.15, -0.1) is 0 Å². The average molecular weight is 259 g/mol. The van der Waals surface area contributed by atoms with Crippen molar-refractivity contribution in [2.75, 3.05) is 6.54 Å². The molecule has 4 nitrogen and oxygen atoms in total. The highest BCUT2D eigenvalue weighted by Crippen LogP contribution is 2.32. The summed E-state index contributed by atoms with van der Waals surface area (Å²) in [6.45, 7) is 3.68. The number of rotatable bonds is 4. The number of carbonyl (C=O) groups excluding carboxylic acids is 1. The molecular formula is C15H21N3O. The van der Waals surface area contributed by atoms with Gasteiger partial charge in [0.05, 0.1) is 5.54 Å². The second-order valence-corrected chi connectivity index (χ2v) is 5.89. The van der Waals surface area contributed by atoms with Crippen LogP contribution in [0.3, 0.4) is 0 Å². The molecule has 1 atom stereocenters. The molecule has 1 N–H and O–H groups in total. The minimum atomic E-state index is -0.356. The molecule has 4 heteroatoms. The number of hydrogen-bond acceptors (Lipinski definition) is 3. The minimum Gasteiger partial charge on any atom is -0.334 e. The molecule has 1 aliphatic carbocycles. The van der Waals surface area contributed by atoms with Crippen LogP contribution >= 0.6 is 0 Å². The lowest BCUT2D eigenvalue weighted by Gasteiger charge is -2.32. The van der Waals surface area contributed by atoms with Crippen LogP contribution in [-0.2, 0) is 11.3 Å². The molecule has 1 aromatic heterocycles. The van der Waals surface area contributed by atoms with Crippen LogP contribution in [0, 0.1) is 0 Å². The molecule has 0 spiro atoms. The molecule has 1 saturated heterocycles. The summed E-state index contributed by atoms with van der Waals surface area (Å²) in [7, 11) is 0. The van der Waals surface area contributed by atoms with Crippen LogP contribution in [-0.4, -0.2) is 33.9 Å². The first-order valence-electron chi connectivity index (χ1n) is 7.14. The third-order valence-electron chi connectivity index (χ3n) is 4.16. The number of nitrogens with one attached hydrogen (secondary N) is 1. The van der Waals surface area contributed by atoms with E-state index in [1.165, 1.54) is 0 Å². The molecule has 1 aromatic rings. The van der Waals surface area contributed by atoms with Crippen LogP contribution in [0.15, 0.2) is 24.5 Å². The molecule has 1 amide bonds. The first-order valence-corrected chi connectivity index (χ1v) is 7.14. The Kier molecular flexibility index (Phi) is 3.27. The van der Waals surface area contributed by atoms with E-state index >= 15 is 0 Å². The fourth-order valence-electron chi connectivity index (χ4n) is 2.84. The van der Waals surface area contributed by atoms with E-state index in [1.807, 2.05) is 25.3 Å². The summed E-state index contributed by atoms with van der Waals surface area (Å²) in [6, 6.07) is 4.41. The average Bonchev–Trinajstić information content (AvgIpc) is 3.18. The standard InChI is InChI=1S/C15H21N3O/c1-15(7-3-9-17-15)14(19)18(13-5-6-13)11-12-4-2-8-16-10-12/h2,4,8,10,13,17H,3,5-7,9,11H2,1H3. The van der Waals surface area contributed by atoms with Crippen molar-refractivity contribution >= 4 is 5.91 Å². The smallest absolute Gasteiger partial charge is 0.243 e. The van der Waals surface area contributed by atoms with Gasteiger partial charge in [0.2, 0.25) is 5.91 Å². The summed E-state index contributed by atoms with van der Waals surface area (Å²) < 4.78 is 0. The second-order valence-electron chi connectivity index (χ2n) is 5.89. The summed E-state index contributed by atoms with van der Waals surface area (Å²) in [4.78, 5) is 19.0. The first-order chi connectivity index (χ1) is 9.19. The van der Waals surface area contributed by atoms with Gasteiger partial charge in [-0.3, -0.25) is 9.78 Å². The Hall–Kier alpha value is -1.42. The van der Waals surface area contributed by atoms with Gasteiger partial charge in [-0.05, 0) is 50.8 Å². The van der Waals surface area contributed by atoms with E-state index in [2.05, 4.69) is 15.2 Å². The number of nitrogens with zero attached hydrogens (tertiary/aromatic N) is 2. The lowest BCUT2D eigenvalue weighted by molar-refractivity contribution is -0.138. The van der Waals surface area contributed by atoms with Gasteiger partial charge in [-0.1, -0.05) is 6.07 Å². The zero-order valence-corrected chi connectivity index (χ0v) is 11.4. The highest BCUT2D eigenvalue weighted by atomic mass is 16.2. The van der Waals surface area contributed by atoms with Crippen LogP contribution < -0.4 is 5.32 Å². The zero-order valence-electron chi connectivity index (χ0n) is 11.4. The Morgan fingerprint density at radius 2 is 2.42 bits per heavy atom. The Balaban J connectivity index is 1.76. The first kappa shape index (κ1) is 12.6. The third-order valence-corrected chi connectivity index (χ3v) is 4.16. The fourth-order valence-corrected chi connectivity index (χ4v) is 2.84. The number of carbonyl (C=O) groups is 1. The van der Waals surface area contributed by atoms with E-state index in [0.717, 1.165) is 37.8 Å². The molecule has 1 unspecified atom stereocenters. The third kappa shape index (κ3) is 2.63. The molecule has 1 aliphatic heterocycles. The summed E-state index contributed by atoms with van der Waals surface area (Å²) in [6.07, 6.45) is 7.94. The summed E-state index contributed by atoms with van der Waals surface area (Å²) in [5.74, 6) is 0.261. The van der Waals surface area contributed by atoms with Crippen LogP contribution in [0.1, 0.15) is 38.2 Å². The molecule has 3 rings (SSSR count). The Morgan fingerprint density at radius 3 is 3.00 bits per heavy atom. The van der Waals surface area contributed by atoms with Crippen LogP contribution in [0.2, 0.25) is 0 Å².